The van der Waals surface area contributed by atoms with Crippen LogP contribution in [0.25, 0.3) is 22.2 Å². The molecule has 1 atom stereocenters. The zero-order valence-corrected chi connectivity index (χ0v) is 13.3. The molecule has 1 fully saturated rings. The van der Waals surface area contributed by atoms with Gasteiger partial charge in [0.15, 0.2) is 0 Å². The van der Waals surface area contributed by atoms with Gasteiger partial charge in [-0.25, -0.2) is 0 Å². The van der Waals surface area contributed by atoms with E-state index in [1.54, 1.807) is 0 Å². The van der Waals surface area contributed by atoms with Gasteiger partial charge in [0.1, 0.15) is 0 Å². The number of benzene rings is 1. The third-order valence-corrected chi connectivity index (χ3v) is 5.01. The van der Waals surface area contributed by atoms with Crippen LogP contribution in [0, 0.1) is 5.92 Å². The number of rotatable bonds is 2. The molecule has 0 saturated carbocycles. The summed E-state index contributed by atoms with van der Waals surface area (Å²) in [7, 11) is 0. The normalized spacial score (nSPS) is 19.2. The van der Waals surface area contributed by atoms with Gasteiger partial charge in [0.25, 0.3) is 0 Å². The molecule has 1 saturated heterocycles. The molecule has 0 bridgehead atoms. The van der Waals surface area contributed by atoms with Gasteiger partial charge in [-0.2, -0.15) is 0 Å². The molecule has 2 aliphatic heterocycles. The summed E-state index contributed by atoms with van der Waals surface area (Å²) in [5.41, 5.74) is 5.78. The average Bonchev–Trinajstić information content (AvgIpc) is 3.23. The number of nitrogens with one attached hydrogen (secondary N) is 1. The number of nitrogens with zero attached hydrogens (tertiary/aromatic N) is 3. The Balaban J connectivity index is 1.48. The minimum absolute atomic E-state index is 0.659. The fourth-order valence-corrected chi connectivity index (χ4v) is 3.73. The Labute approximate surface area is 140 Å². The molecule has 3 aromatic rings. The third kappa shape index (κ3) is 2.14. The van der Waals surface area contributed by atoms with Crippen LogP contribution in [0.2, 0.25) is 0 Å². The summed E-state index contributed by atoms with van der Waals surface area (Å²) in [6.07, 6.45) is 6.01. The largest absolute Gasteiger partial charge is 0.390 e. The van der Waals surface area contributed by atoms with Crippen molar-refractivity contribution in [3.63, 3.8) is 0 Å². The maximum atomic E-state index is 4.72. The Morgan fingerprint density at radius 1 is 1.04 bits per heavy atom. The second-order valence-corrected chi connectivity index (χ2v) is 6.49. The van der Waals surface area contributed by atoms with Crippen LogP contribution in [0.15, 0.2) is 66.6 Å². The molecule has 0 amide bonds. The van der Waals surface area contributed by atoms with Crippen molar-refractivity contribution in [2.75, 3.05) is 24.5 Å². The molecule has 2 aromatic heterocycles. The van der Waals surface area contributed by atoms with Gasteiger partial charge in [-0.1, -0.05) is 24.3 Å². The van der Waals surface area contributed by atoms with Crippen molar-refractivity contribution in [1.29, 1.82) is 0 Å². The second kappa shape index (κ2) is 5.34. The molecule has 4 nitrogen and oxygen atoms in total. The highest BCUT2D eigenvalue weighted by Crippen LogP contribution is 2.31. The van der Waals surface area contributed by atoms with Gasteiger partial charge in [0.05, 0.1) is 23.1 Å². The van der Waals surface area contributed by atoms with Crippen LogP contribution in [-0.2, 0) is 0 Å². The monoisotopic (exact) mass is 314 g/mol. The number of hydrogen-bond donors (Lipinski definition) is 1. The zero-order chi connectivity index (χ0) is 15.9. The van der Waals surface area contributed by atoms with Gasteiger partial charge in [0.2, 0.25) is 0 Å². The van der Waals surface area contributed by atoms with Gasteiger partial charge >= 0.3 is 0 Å². The molecule has 1 N–H and O–H groups in total. The predicted octanol–water partition coefficient (Wildman–Crippen LogP) is 3.22. The number of fused-ring (bicyclic) bond motifs is 2. The van der Waals surface area contributed by atoms with E-state index in [2.05, 4.69) is 57.8 Å². The van der Waals surface area contributed by atoms with Crippen LogP contribution in [0.4, 0.5) is 5.69 Å². The lowest BCUT2D eigenvalue weighted by Gasteiger charge is -2.18. The first-order valence-electron chi connectivity index (χ1n) is 8.36. The van der Waals surface area contributed by atoms with Crippen LogP contribution in [0.3, 0.4) is 0 Å². The first-order chi connectivity index (χ1) is 11.9. The molecule has 24 heavy (non-hydrogen) atoms. The van der Waals surface area contributed by atoms with Crippen LogP contribution >= 0.6 is 0 Å². The Morgan fingerprint density at radius 2 is 2.00 bits per heavy atom. The Morgan fingerprint density at radius 3 is 2.88 bits per heavy atom. The van der Waals surface area contributed by atoms with E-state index in [4.69, 9.17) is 4.98 Å². The van der Waals surface area contributed by atoms with E-state index >= 15 is 0 Å². The second-order valence-electron chi connectivity index (χ2n) is 6.49. The van der Waals surface area contributed by atoms with Crippen LogP contribution in [0.5, 0.6) is 0 Å². The highest BCUT2D eigenvalue weighted by molar-refractivity contribution is 5.92. The molecule has 4 heteroatoms. The maximum Gasteiger partial charge on any atom is 0.0795 e. The first-order valence-corrected chi connectivity index (χ1v) is 8.36. The molecule has 2 aliphatic rings. The van der Waals surface area contributed by atoms with Crippen molar-refractivity contribution in [3.05, 3.63) is 66.6 Å². The summed E-state index contributed by atoms with van der Waals surface area (Å²) < 4.78 is 0. The van der Waals surface area contributed by atoms with E-state index in [1.165, 1.54) is 11.3 Å². The summed E-state index contributed by atoms with van der Waals surface area (Å²) in [6.45, 7) is 3.16. The summed E-state index contributed by atoms with van der Waals surface area (Å²) in [5, 5.41) is 4.48. The van der Waals surface area contributed by atoms with Crippen molar-refractivity contribution in [2.45, 2.75) is 0 Å². The van der Waals surface area contributed by atoms with Crippen molar-refractivity contribution < 1.29 is 0 Å². The van der Waals surface area contributed by atoms with E-state index in [1.807, 2.05) is 18.5 Å². The van der Waals surface area contributed by atoms with E-state index < -0.39 is 0 Å². The molecule has 0 radical (unpaired) electrons. The molecule has 0 aliphatic carbocycles. The number of anilines is 1. The minimum Gasteiger partial charge on any atom is -0.390 e. The molecule has 1 unspecified atom stereocenters. The maximum absolute atomic E-state index is 4.72. The van der Waals surface area contributed by atoms with Crippen LogP contribution in [-0.4, -0.2) is 29.6 Å². The standard InChI is InChI=1S/C20H18N4/c1-3-14-4-2-8-22-20(14)18(5-1)19-7-6-17(11-23-19)24-12-15-9-21-10-16(15)13-24/h1-9,11,16,21H,10,12-13H2. The number of hydrogen-bond acceptors (Lipinski definition) is 4. The Kier molecular flexibility index (Phi) is 3.01. The number of pyridine rings is 2. The van der Waals surface area contributed by atoms with Gasteiger partial charge < -0.3 is 10.2 Å². The van der Waals surface area contributed by atoms with E-state index in [0.717, 1.165) is 41.8 Å². The van der Waals surface area contributed by atoms with Gasteiger partial charge in [-0.15, -0.1) is 0 Å². The first kappa shape index (κ1) is 13.5. The highest BCUT2D eigenvalue weighted by atomic mass is 15.2. The SMILES string of the molecule is C1=C2CN(c3ccc(-c4cccc5cccnc45)nc3)CC2CN1. The molecule has 5 rings (SSSR count). The van der Waals surface area contributed by atoms with Crippen molar-refractivity contribution >= 4 is 16.6 Å². The summed E-state index contributed by atoms with van der Waals surface area (Å²) in [5.74, 6) is 0.659. The smallest absolute Gasteiger partial charge is 0.0795 e. The van der Waals surface area contributed by atoms with Crippen molar-refractivity contribution in [1.82, 2.24) is 15.3 Å². The van der Waals surface area contributed by atoms with Crippen molar-refractivity contribution in [2.24, 2.45) is 5.92 Å². The quantitative estimate of drug-likeness (QED) is 0.788. The van der Waals surface area contributed by atoms with Gasteiger partial charge in [0, 0.05) is 42.7 Å². The minimum atomic E-state index is 0.659. The Hall–Kier alpha value is -2.88. The number of aromatic nitrogens is 2. The van der Waals surface area contributed by atoms with E-state index in [-0.39, 0.29) is 0 Å². The summed E-state index contributed by atoms with van der Waals surface area (Å²) >= 11 is 0. The van der Waals surface area contributed by atoms with Crippen LogP contribution in [0.1, 0.15) is 0 Å². The van der Waals surface area contributed by atoms with E-state index in [0.29, 0.717) is 5.92 Å². The lowest BCUT2D eigenvalue weighted by molar-refractivity contribution is 0.678. The molecular formula is C20H18N4. The fourth-order valence-electron chi connectivity index (χ4n) is 3.73. The lowest BCUT2D eigenvalue weighted by atomic mass is 10.1. The summed E-state index contributed by atoms with van der Waals surface area (Å²) in [6, 6.07) is 14.6. The summed E-state index contributed by atoms with van der Waals surface area (Å²) in [4.78, 5) is 11.7. The van der Waals surface area contributed by atoms with Crippen molar-refractivity contribution in [3.8, 4) is 11.3 Å². The highest BCUT2D eigenvalue weighted by Gasteiger charge is 2.30. The molecule has 4 heterocycles. The number of para-hydroxylation sites is 1. The van der Waals surface area contributed by atoms with Gasteiger partial charge in [-0.3, -0.25) is 9.97 Å². The third-order valence-electron chi connectivity index (χ3n) is 5.01. The molecule has 0 spiro atoms. The fraction of sp³-hybridized carbons (Fsp3) is 0.200. The predicted molar refractivity (Wildman–Crippen MR) is 96.8 cm³/mol. The van der Waals surface area contributed by atoms with E-state index in [9.17, 15) is 0 Å². The average molecular weight is 314 g/mol. The molecule has 118 valence electrons. The molecular weight excluding hydrogens is 296 g/mol. The Bertz CT molecular complexity index is 925. The van der Waals surface area contributed by atoms with Crippen LogP contribution < -0.4 is 10.2 Å². The molecule has 1 aromatic carbocycles. The lowest BCUT2D eigenvalue weighted by Crippen LogP contribution is -2.23. The van der Waals surface area contributed by atoms with Gasteiger partial charge in [-0.05, 0) is 30.0 Å². The topological polar surface area (TPSA) is 41.1 Å². The zero-order valence-electron chi connectivity index (χ0n) is 13.3.